The lowest BCUT2D eigenvalue weighted by atomic mass is 9.65. The molecular formula is C37H37N3O5. The second kappa shape index (κ2) is 11.4. The zero-order valence-corrected chi connectivity index (χ0v) is 25.2. The van der Waals surface area contributed by atoms with Crippen LogP contribution in [0.25, 0.3) is 10.8 Å². The minimum absolute atomic E-state index is 0.253. The van der Waals surface area contributed by atoms with E-state index in [0.717, 1.165) is 16.3 Å². The van der Waals surface area contributed by atoms with Crippen molar-refractivity contribution in [2.75, 3.05) is 11.9 Å². The largest absolute Gasteiger partial charge is 0.394 e. The third-order valence-electron chi connectivity index (χ3n) is 10.2. The van der Waals surface area contributed by atoms with E-state index in [2.05, 4.69) is 10.6 Å². The Bertz CT molecular complexity index is 1750. The van der Waals surface area contributed by atoms with Gasteiger partial charge in [0.2, 0.25) is 17.7 Å². The lowest BCUT2D eigenvalue weighted by Gasteiger charge is -2.37. The molecule has 45 heavy (non-hydrogen) atoms. The van der Waals surface area contributed by atoms with Gasteiger partial charge in [-0.25, -0.2) is 0 Å². The molecule has 4 aromatic carbocycles. The predicted molar refractivity (Wildman–Crippen MR) is 171 cm³/mol. The molecule has 8 nitrogen and oxygen atoms in total. The van der Waals surface area contributed by atoms with Gasteiger partial charge in [0.25, 0.3) is 0 Å². The summed E-state index contributed by atoms with van der Waals surface area (Å²) in [6, 6.07) is 30.6. The molecule has 230 valence electrons. The van der Waals surface area contributed by atoms with Crippen molar-refractivity contribution in [2.45, 2.75) is 56.0 Å². The molecule has 3 saturated heterocycles. The molecule has 4 aromatic rings. The molecule has 3 amide bonds. The number of ether oxygens (including phenoxy) is 1. The number of rotatable bonds is 9. The van der Waals surface area contributed by atoms with Gasteiger partial charge in [0.1, 0.15) is 11.6 Å². The number of hydrogen-bond donors (Lipinski definition) is 3. The van der Waals surface area contributed by atoms with Crippen LogP contribution in [0, 0.1) is 11.8 Å². The van der Waals surface area contributed by atoms with Gasteiger partial charge in [-0.2, -0.15) is 0 Å². The number of aliphatic hydroxyl groups excluding tert-OH is 1. The number of amides is 3. The molecule has 3 aliphatic rings. The number of aliphatic hydroxyl groups is 1. The molecule has 3 fully saturated rings. The second-order valence-electron chi connectivity index (χ2n) is 12.4. The van der Waals surface area contributed by atoms with E-state index in [1.165, 1.54) is 4.90 Å². The summed E-state index contributed by atoms with van der Waals surface area (Å²) < 4.78 is 6.91. The molecule has 3 heterocycles. The molecule has 8 heteroatoms. The van der Waals surface area contributed by atoms with Gasteiger partial charge in [0.05, 0.1) is 30.1 Å². The Balaban J connectivity index is 1.28. The van der Waals surface area contributed by atoms with E-state index in [-0.39, 0.29) is 18.4 Å². The molecule has 3 aliphatic heterocycles. The highest BCUT2D eigenvalue weighted by Gasteiger charge is 2.79. The van der Waals surface area contributed by atoms with Crippen LogP contribution < -0.4 is 10.6 Å². The average molecular weight is 604 g/mol. The molecule has 2 bridgehead atoms. The number of hydrogen-bond acceptors (Lipinski definition) is 5. The fourth-order valence-electron chi connectivity index (χ4n) is 8.09. The SMILES string of the molecule is CC[C@]12CCC3(O1)C(C(=O)Nc1ccc4ccccc4c1)N([C@H](CO)c1ccccc1)C(=O)[C@@H]3[C@H]2C(=O)NCc1ccccc1. The van der Waals surface area contributed by atoms with E-state index in [0.29, 0.717) is 37.1 Å². The van der Waals surface area contributed by atoms with Crippen molar-refractivity contribution in [1.29, 1.82) is 0 Å². The van der Waals surface area contributed by atoms with Gasteiger partial charge in [0.15, 0.2) is 0 Å². The fourth-order valence-corrected chi connectivity index (χ4v) is 8.09. The Kier molecular flexibility index (Phi) is 7.42. The molecule has 0 saturated carbocycles. The zero-order valence-electron chi connectivity index (χ0n) is 25.2. The van der Waals surface area contributed by atoms with E-state index in [1.54, 1.807) is 0 Å². The molecule has 6 atom stereocenters. The average Bonchev–Trinajstić information content (AvgIpc) is 3.68. The maximum atomic E-state index is 14.7. The van der Waals surface area contributed by atoms with Gasteiger partial charge < -0.3 is 25.4 Å². The standard InChI is InChI=1S/C37H37N3O5/c1-2-36-19-20-37(45-36)31(30(36)33(42)38-22-24-11-5-3-6-12-24)35(44)40(29(23-41)26-14-7-4-8-15-26)32(37)34(43)39-28-18-17-25-13-9-10-16-27(25)21-28/h3-18,21,29-32,41H,2,19-20,22-23H2,1H3,(H,38,42)(H,39,43)/t29-,30+,31+,32?,36-,37?/m1/s1. The van der Waals surface area contributed by atoms with Gasteiger partial charge in [-0.1, -0.05) is 97.9 Å². The number of nitrogens with one attached hydrogen (secondary N) is 2. The first kappa shape index (κ1) is 29.2. The van der Waals surface area contributed by atoms with E-state index in [4.69, 9.17) is 4.74 Å². The van der Waals surface area contributed by atoms with Crippen molar-refractivity contribution in [2.24, 2.45) is 11.8 Å². The van der Waals surface area contributed by atoms with Crippen LogP contribution >= 0.6 is 0 Å². The highest BCUT2D eigenvalue weighted by Crippen LogP contribution is 2.65. The smallest absolute Gasteiger partial charge is 0.250 e. The molecule has 0 aliphatic carbocycles. The normalized spacial score (nSPS) is 27.4. The van der Waals surface area contributed by atoms with Gasteiger partial charge in [-0.15, -0.1) is 0 Å². The van der Waals surface area contributed by atoms with Crippen molar-refractivity contribution >= 4 is 34.2 Å². The Morgan fingerprint density at radius 3 is 2.31 bits per heavy atom. The number of carbonyl (C=O) groups is 3. The number of nitrogens with zero attached hydrogens (tertiary/aromatic N) is 1. The van der Waals surface area contributed by atoms with Crippen LogP contribution in [0.2, 0.25) is 0 Å². The number of anilines is 1. The van der Waals surface area contributed by atoms with Crippen molar-refractivity contribution in [3.05, 3.63) is 114 Å². The van der Waals surface area contributed by atoms with Crippen LogP contribution in [0.5, 0.6) is 0 Å². The fraction of sp³-hybridized carbons (Fsp3) is 0.324. The summed E-state index contributed by atoms with van der Waals surface area (Å²) in [6.45, 7) is 1.91. The highest BCUT2D eigenvalue weighted by atomic mass is 16.5. The summed E-state index contributed by atoms with van der Waals surface area (Å²) in [6.07, 6.45) is 1.54. The quantitative estimate of drug-likeness (QED) is 0.250. The minimum atomic E-state index is -1.22. The van der Waals surface area contributed by atoms with Crippen LogP contribution in [0.1, 0.15) is 43.4 Å². The Hall–Kier alpha value is -4.53. The lowest BCUT2D eigenvalue weighted by Crippen LogP contribution is -2.54. The first-order valence-corrected chi connectivity index (χ1v) is 15.7. The molecule has 0 aromatic heterocycles. The van der Waals surface area contributed by atoms with Crippen LogP contribution in [0.3, 0.4) is 0 Å². The summed E-state index contributed by atoms with van der Waals surface area (Å²) in [4.78, 5) is 44.8. The van der Waals surface area contributed by atoms with E-state index in [9.17, 15) is 19.5 Å². The summed E-state index contributed by atoms with van der Waals surface area (Å²) >= 11 is 0. The first-order chi connectivity index (χ1) is 21.9. The van der Waals surface area contributed by atoms with E-state index < -0.39 is 41.0 Å². The molecule has 2 unspecified atom stereocenters. The van der Waals surface area contributed by atoms with Gasteiger partial charge in [0, 0.05) is 12.2 Å². The van der Waals surface area contributed by atoms with Crippen LogP contribution in [-0.2, 0) is 25.7 Å². The molecule has 7 rings (SSSR count). The summed E-state index contributed by atoms with van der Waals surface area (Å²) in [7, 11) is 0. The third kappa shape index (κ3) is 4.71. The predicted octanol–water partition coefficient (Wildman–Crippen LogP) is 4.98. The second-order valence-corrected chi connectivity index (χ2v) is 12.4. The van der Waals surface area contributed by atoms with Crippen molar-refractivity contribution < 1.29 is 24.2 Å². The van der Waals surface area contributed by atoms with E-state index in [1.807, 2.05) is 110 Å². The monoisotopic (exact) mass is 603 g/mol. The number of fused-ring (bicyclic) bond motifs is 2. The maximum absolute atomic E-state index is 14.7. The Morgan fingerprint density at radius 2 is 1.60 bits per heavy atom. The molecular weight excluding hydrogens is 566 g/mol. The Morgan fingerprint density at radius 1 is 0.911 bits per heavy atom. The van der Waals surface area contributed by atoms with Gasteiger partial charge in [-0.05, 0) is 53.3 Å². The summed E-state index contributed by atoms with van der Waals surface area (Å²) in [5.41, 5.74) is 0.173. The van der Waals surface area contributed by atoms with Crippen molar-refractivity contribution in [1.82, 2.24) is 10.2 Å². The summed E-state index contributed by atoms with van der Waals surface area (Å²) in [5.74, 6) is -2.63. The Labute approximate surface area is 262 Å². The molecule has 1 spiro atoms. The minimum Gasteiger partial charge on any atom is -0.394 e. The van der Waals surface area contributed by atoms with Crippen LogP contribution in [0.15, 0.2) is 103 Å². The maximum Gasteiger partial charge on any atom is 0.250 e. The number of benzene rings is 4. The van der Waals surface area contributed by atoms with Crippen LogP contribution in [0.4, 0.5) is 5.69 Å². The highest BCUT2D eigenvalue weighted by molar-refractivity contribution is 6.04. The topological polar surface area (TPSA) is 108 Å². The van der Waals surface area contributed by atoms with E-state index >= 15 is 0 Å². The van der Waals surface area contributed by atoms with Crippen LogP contribution in [-0.4, -0.2) is 51.6 Å². The summed E-state index contributed by atoms with van der Waals surface area (Å²) in [5, 5.41) is 18.9. The van der Waals surface area contributed by atoms with Crippen molar-refractivity contribution in [3.63, 3.8) is 0 Å². The number of carbonyl (C=O) groups excluding carboxylic acids is 3. The number of likely N-dealkylation sites (tertiary alicyclic amines) is 1. The molecule has 3 N–H and O–H groups in total. The van der Waals surface area contributed by atoms with Crippen molar-refractivity contribution in [3.8, 4) is 0 Å². The van der Waals surface area contributed by atoms with Gasteiger partial charge >= 0.3 is 0 Å². The zero-order chi connectivity index (χ0) is 31.2. The first-order valence-electron chi connectivity index (χ1n) is 15.7. The lowest BCUT2D eigenvalue weighted by molar-refractivity contribution is -0.149. The molecule has 0 radical (unpaired) electrons. The third-order valence-corrected chi connectivity index (χ3v) is 10.2. The van der Waals surface area contributed by atoms with Gasteiger partial charge in [-0.3, -0.25) is 14.4 Å².